The van der Waals surface area contributed by atoms with Gasteiger partial charge in [-0.15, -0.1) is 10.2 Å². The Morgan fingerprint density at radius 3 is 2.56 bits per heavy atom. The van der Waals surface area contributed by atoms with Gasteiger partial charge in [0.1, 0.15) is 0 Å². The van der Waals surface area contributed by atoms with Gasteiger partial charge in [-0.2, -0.15) is 13.2 Å². The first-order chi connectivity index (χ1) is 12.6. The van der Waals surface area contributed by atoms with Gasteiger partial charge < -0.3 is 4.74 Å². The summed E-state index contributed by atoms with van der Waals surface area (Å²) in [6.07, 6.45) is -1.88. The number of ether oxygens (including phenoxy) is 1. The molecule has 0 radical (unpaired) electrons. The van der Waals surface area contributed by atoms with E-state index in [1.807, 2.05) is 0 Å². The van der Waals surface area contributed by atoms with Gasteiger partial charge >= 0.3 is 6.18 Å². The standard InChI is InChI=1S/C15H9F6N5O/c16-9-1-7(3-23-12(9)27-6-8-2-14(8,17)18)10-5-26-11(4-22-10)24-25-13(26)15(19,20)21/h1,3-5,8H,2,6H2/t8-/m0/s1. The molecule has 1 fully saturated rings. The minimum atomic E-state index is -4.73. The van der Waals surface area contributed by atoms with Gasteiger partial charge in [0.05, 0.1) is 24.4 Å². The van der Waals surface area contributed by atoms with Crippen LogP contribution in [0.15, 0.2) is 24.7 Å². The highest BCUT2D eigenvalue weighted by Crippen LogP contribution is 2.48. The average Bonchev–Trinajstić information content (AvgIpc) is 3.01. The quantitative estimate of drug-likeness (QED) is 0.640. The van der Waals surface area contributed by atoms with Crippen LogP contribution >= 0.6 is 0 Å². The number of fused-ring (bicyclic) bond motifs is 1. The van der Waals surface area contributed by atoms with Gasteiger partial charge in [-0.05, 0) is 6.07 Å². The molecule has 0 bridgehead atoms. The lowest BCUT2D eigenvalue weighted by Gasteiger charge is -2.08. The predicted molar refractivity (Wildman–Crippen MR) is 77.5 cm³/mol. The van der Waals surface area contributed by atoms with Crippen molar-refractivity contribution < 1.29 is 31.1 Å². The van der Waals surface area contributed by atoms with Crippen molar-refractivity contribution in [2.24, 2.45) is 5.92 Å². The molecule has 0 unspecified atom stereocenters. The molecule has 0 spiro atoms. The topological polar surface area (TPSA) is 65.2 Å². The van der Waals surface area contributed by atoms with Gasteiger partial charge in [0, 0.05) is 24.4 Å². The number of rotatable bonds is 4. The molecule has 0 aliphatic heterocycles. The Kier molecular flexibility index (Phi) is 3.75. The lowest BCUT2D eigenvalue weighted by atomic mass is 10.2. The number of pyridine rings is 1. The molecule has 0 amide bonds. The summed E-state index contributed by atoms with van der Waals surface area (Å²) in [7, 11) is 0. The summed E-state index contributed by atoms with van der Waals surface area (Å²) < 4.78 is 84.1. The molecule has 1 saturated carbocycles. The molecule has 6 nitrogen and oxygen atoms in total. The Bertz CT molecular complexity index is 1020. The third kappa shape index (κ3) is 3.26. The minimum Gasteiger partial charge on any atom is -0.475 e. The van der Waals surface area contributed by atoms with Crippen molar-refractivity contribution in [1.29, 1.82) is 0 Å². The summed E-state index contributed by atoms with van der Waals surface area (Å²) in [6, 6.07) is 0.944. The third-order valence-corrected chi connectivity index (χ3v) is 4.03. The Labute approximate surface area is 146 Å². The van der Waals surface area contributed by atoms with Crippen molar-refractivity contribution in [3.05, 3.63) is 36.3 Å². The van der Waals surface area contributed by atoms with E-state index in [0.29, 0.717) is 4.40 Å². The molecule has 1 aliphatic rings. The smallest absolute Gasteiger partial charge is 0.452 e. The van der Waals surface area contributed by atoms with E-state index in [1.165, 1.54) is 0 Å². The Balaban J connectivity index is 1.60. The van der Waals surface area contributed by atoms with Gasteiger partial charge in [-0.3, -0.25) is 9.38 Å². The van der Waals surface area contributed by atoms with Crippen LogP contribution < -0.4 is 4.74 Å². The molecule has 1 aliphatic carbocycles. The van der Waals surface area contributed by atoms with Gasteiger partial charge in [-0.25, -0.2) is 18.2 Å². The normalized spacial score (nSPS) is 18.7. The second-order valence-corrected chi connectivity index (χ2v) is 6.01. The molecule has 4 rings (SSSR count). The van der Waals surface area contributed by atoms with Crippen LogP contribution in [0.4, 0.5) is 26.3 Å². The third-order valence-electron chi connectivity index (χ3n) is 4.03. The first-order valence-electron chi connectivity index (χ1n) is 7.60. The Morgan fingerprint density at radius 1 is 1.19 bits per heavy atom. The molecule has 12 heteroatoms. The number of aromatic nitrogens is 5. The van der Waals surface area contributed by atoms with Crippen LogP contribution in [-0.4, -0.2) is 37.1 Å². The summed E-state index contributed by atoms with van der Waals surface area (Å²) in [5, 5.41) is 6.44. The largest absolute Gasteiger partial charge is 0.475 e. The molecule has 1 atom stereocenters. The lowest BCUT2D eigenvalue weighted by Crippen LogP contribution is -2.11. The first kappa shape index (κ1) is 17.5. The monoisotopic (exact) mass is 389 g/mol. The maximum atomic E-state index is 14.1. The molecule has 0 saturated heterocycles. The van der Waals surface area contributed by atoms with E-state index in [-0.39, 0.29) is 29.9 Å². The molecule has 3 aromatic heterocycles. The van der Waals surface area contributed by atoms with Gasteiger partial charge in [-0.1, -0.05) is 0 Å². The molecule has 27 heavy (non-hydrogen) atoms. The van der Waals surface area contributed by atoms with E-state index in [2.05, 4.69) is 20.2 Å². The maximum Gasteiger partial charge on any atom is 0.452 e. The molecule has 0 aromatic carbocycles. The van der Waals surface area contributed by atoms with Crippen molar-refractivity contribution >= 4 is 5.65 Å². The fourth-order valence-corrected chi connectivity index (χ4v) is 2.45. The van der Waals surface area contributed by atoms with Crippen LogP contribution in [0, 0.1) is 11.7 Å². The van der Waals surface area contributed by atoms with E-state index in [0.717, 1.165) is 24.7 Å². The zero-order chi connectivity index (χ0) is 19.4. The number of hydrogen-bond donors (Lipinski definition) is 0. The number of alkyl halides is 5. The fraction of sp³-hybridized carbons (Fsp3) is 0.333. The van der Waals surface area contributed by atoms with Crippen molar-refractivity contribution in [2.45, 2.75) is 18.5 Å². The summed E-state index contributed by atoms with van der Waals surface area (Å²) in [6.45, 7) is -0.379. The molecule has 142 valence electrons. The van der Waals surface area contributed by atoms with Crippen LogP contribution in [0.3, 0.4) is 0 Å². The highest BCUT2D eigenvalue weighted by molar-refractivity contribution is 5.59. The molecule has 3 heterocycles. The van der Waals surface area contributed by atoms with Crippen LogP contribution in [0.5, 0.6) is 5.88 Å². The van der Waals surface area contributed by atoms with E-state index in [9.17, 15) is 26.3 Å². The minimum absolute atomic E-state index is 0.0144. The molecular weight excluding hydrogens is 380 g/mol. The predicted octanol–water partition coefficient (Wildman–Crippen LogP) is 3.38. The fourth-order valence-electron chi connectivity index (χ4n) is 2.45. The average molecular weight is 389 g/mol. The van der Waals surface area contributed by atoms with Crippen LogP contribution in [0.1, 0.15) is 12.2 Å². The van der Waals surface area contributed by atoms with E-state index in [1.54, 1.807) is 0 Å². The Hall–Kier alpha value is -2.92. The molecule has 3 aromatic rings. The summed E-state index contributed by atoms with van der Waals surface area (Å²) >= 11 is 0. The van der Waals surface area contributed by atoms with E-state index in [4.69, 9.17) is 4.74 Å². The highest BCUT2D eigenvalue weighted by Gasteiger charge is 2.57. The molecular formula is C15H9F6N5O. The van der Waals surface area contributed by atoms with Gasteiger partial charge in [0.2, 0.25) is 11.7 Å². The van der Waals surface area contributed by atoms with Crippen molar-refractivity contribution in [3.63, 3.8) is 0 Å². The molecule has 0 N–H and O–H groups in total. The second kappa shape index (κ2) is 5.79. The SMILES string of the molecule is Fc1cc(-c2cn3c(C(F)(F)F)nnc3cn2)cnc1OC[C@@H]1CC1(F)F. The first-order valence-corrected chi connectivity index (χ1v) is 7.60. The van der Waals surface area contributed by atoms with Crippen molar-refractivity contribution in [3.8, 4) is 17.1 Å². The van der Waals surface area contributed by atoms with Gasteiger partial charge in [0.15, 0.2) is 11.5 Å². The number of nitrogens with zero attached hydrogens (tertiary/aromatic N) is 5. The zero-order valence-electron chi connectivity index (χ0n) is 13.2. The second-order valence-electron chi connectivity index (χ2n) is 6.01. The number of hydrogen-bond acceptors (Lipinski definition) is 5. The summed E-state index contributed by atoms with van der Waals surface area (Å²) in [5.41, 5.74) is -0.0791. The van der Waals surface area contributed by atoms with Crippen molar-refractivity contribution in [1.82, 2.24) is 24.6 Å². The number of halogens is 6. The van der Waals surface area contributed by atoms with Crippen LogP contribution in [0.25, 0.3) is 16.9 Å². The van der Waals surface area contributed by atoms with Crippen molar-refractivity contribution in [2.75, 3.05) is 6.61 Å². The Morgan fingerprint density at radius 2 is 1.93 bits per heavy atom. The summed E-state index contributed by atoms with van der Waals surface area (Å²) in [4.78, 5) is 7.61. The van der Waals surface area contributed by atoms with E-state index >= 15 is 0 Å². The van der Waals surface area contributed by atoms with Gasteiger partial charge in [0.25, 0.3) is 5.92 Å². The van der Waals surface area contributed by atoms with Crippen LogP contribution in [0.2, 0.25) is 0 Å². The summed E-state index contributed by atoms with van der Waals surface area (Å²) in [5.74, 6) is -6.44. The van der Waals surface area contributed by atoms with Crippen LogP contribution in [-0.2, 0) is 6.18 Å². The zero-order valence-corrected chi connectivity index (χ0v) is 13.2. The highest BCUT2D eigenvalue weighted by atomic mass is 19.4. The lowest BCUT2D eigenvalue weighted by molar-refractivity contribution is -0.145. The maximum absolute atomic E-state index is 14.1. The van der Waals surface area contributed by atoms with E-state index < -0.39 is 35.5 Å².